The van der Waals surface area contributed by atoms with Gasteiger partial charge in [0, 0.05) is 28.4 Å². The summed E-state index contributed by atoms with van der Waals surface area (Å²) in [5.41, 5.74) is 7.61. The average molecular weight is 336 g/mol. The number of hydrogen-bond donors (Lipinski definition) is 1. The third kappa shape index (κ3) is 3.90. The summed E-state index contributed by atoms with van der Waals surface area (Å²) in [7, 11) is 0. The van der Waals surface area contributed by atoms with Gasteiger partial charge in [0.2, 0.25) is 0 Å². The minimum absolute atomic E-state index is 0.0968. The summed E-state index contributed by atoms with van der Waals surface area (Å²) in [6.07, 6.45) is 0.0968. The van der Waals surface area contributed by atoms with E-state index in [1.165, 1.54) is 0 Å². The highest BCUT2D eigenvalue weighted by Gasteiger charge is 2.05. The second-order valence-corrected chi connectivity index (χ2v) is 5.77. The van der Waals surface area contributed by atoms with Crippen LogP contribution < -0.4 is 15.2 Å². The lowest BCUT2D eigenvalue weighted by Crippen LogP contribution is -2.05. The summed E-state index contributed by atoms with van der Waals surface area (Å²) >= 11 is 3.47. The molecule has 0 fully saturated rings. The molecule has 0 heterocycles. The van der Waals surface area contributed by atoms with E-state index < -0.39 is 0 Å². The Balaban J connectivity index is 2.24. The Kier molecular flexibility index (Phi) is 4.55. The fraction of sp³-hybridized carbons (Fsp3) is 0.250. The third-order valence-electron chi connectivity index (χ3n) is 2.64. The van der Waals surface area contributed by atoms with E-state index >= 15 is 0 Å². The molecular formula is C16H18BrNO2. The molecule has 0 saturated carbocycles. The molecule has 0 unspecified atom stereocenters. The standard InChI is InChI=1S/C16H18BrNO2/c1-10(2)19-14-7-12(18)8-15(9-14)20-13-4-5-16(17)11(3)6-13/h4-10H,18H2,1-3H3. The van der Waals surface area contributed by atoms with Gasteiger partial charge in [-0.3, -0.25) is 0 Å². The number of ether oxygens (including phenoxy) is 2. The lowest BCUT2D eigenvalue weighted by Gasteiger charge is -2.13. The molecule has 106 valence electrons. The molecule has 2 aromatic rings. The number of halogens is 1. The maximum absolute atomic E-state index is 5.88. The van der Waals surface area contributed by atoms with Crippen LogP contribution in [-0.2, 0) is 0 Å². The van der Waals surface area contributed by atoms with Gasteiger partial charge in [0.1, 0.15) is 17.2 Å². The van der Waals surface area contributed by atoms with Crippen LogP contribution in [0.1, 0.15) is 19.4 Å². The first-order valence-corrected chi connectivity index (χ1v) is 7.24. The summed E-state index contributed by atoms with van der Waals surface area (Å²) in [4.78, 5) is 0. The van der Waals surface area contributed by atoms with Gasteiger partial charge >= 0.3 is 0 Å². The van der Waals surface area contributed by atoms with Crippen LogP contribution in [-0.4, -0.2) is 6.10 Å². The van der Waals surface area contributed by atoms with Crippen molar-refractivity contribution < 1.29 is 9.47 Å². The molecule has 3 nitrogen and oxygen atoms in total. The second-order valence-electron chi connectivity index (χ2n) is 4.92. The molecule has 0 aliphatic heterocycles. The van der Waals surface area contributed by atoms with Gasteiger partial charge in [-0.05, 0) is 44.5 Å². The molecule has 0 amide bonds. The third-order valence-corrected chi connectivity index (χ3v) is 3.53. The minimum atomic E-state index is 0.0968. The van der Waals surface area contributed by atoms with Gasteiger partial charge in [0.15, 0.2) is 0 Å². The molecule has 2 N–H and O–H groups in total. The highest BCUT2D eigenvalue weighted by Crippen LogP contribution is 2.30. The van der Waals surface area contributed by atoms with E-state index in [1.54, 1.807) is 12.1 Å². The summed E-state index contributed by atoms with van der Waals surface area (Å²) < 4.78 is 12.5. The van der Waals surface area contributed by atoms with Crippen LogP contribution in [0, 0.1) is 6.92 Å². The Bertz CT molecular complexity index is 611. The number of nitrogens with two attached hydrogens (primary N) is 1. The number of rotatable bonds is 4. The van der Waals surface area contributed by atoms with Crippen molar-refractivity contribution in [3.8, 4) is 17.2 Å². The number of nitrogen functional groups attached to an aromatic ring is 1. The van der Waals surface area contributed by atoms with E-state index in [9.17, 15) is 0 Å². The maximum Gasteiger partial charge on any atom is 0.133 e. The molecule has 4 heteroatoms. The van der Waals surface area contributed by atoms with E-state index in [2.05, 4.69) is 15.9 Å². The van der Waals surface area contributed by atoms with Crippen molar-refractivity contribution >= 4 is 21.6 Å². The Morgan fingerprint density at radius 2 is 1.70 bits per heavy atom. The predicted octanol–water partition coefficient (Wildman–Crippen LogP) is 4.92. The molecule has 0 saturated heterocycles. The normalized spacial score (nSPS) is 10.7. The summed E-state index contributed by atoms with van der Waals surface area (Å²) in [5, 5.41) is 0. The molecule has 2 rings (SSSR count). The first-order valence-electron chi connectivity index (χ1n) is 6.45. The van der Waals surface area contributed by atoms with Crippen LogP contribution >= 0.6 is 15.9 Å². The van der Waals surface area contributed by atoms with Crippen LogP contribution in [0.4, 0.5) is 5.69 Å². The zero-order valence-electron chi connectivity index (χ0n) is 11.8. The second kappa shape index (κ2) is 6.18. The summed E-state index contributed by atoms with van der Waals surface area (Å²) in [6, 6.07) is 11.2. The first-order chi connectivity index (χ1) is 9.44. The van der Waals surface area contributed by atoms with Gasteiger partial charge in [0.25, 0.3) is 0 Å². The first kappa shape index (κ1) is 14.7. The lowest BCUT2D eigenvalue weighted by atomic mass is 10.2. The quantitative estimate of drug-likeness (QED) is 0.806. The van der Waals surface area contributed by atoms with Crippen molar-refractivity contribution in [2.45, 2.75) is 26.9 Å². The molecule has 0 aliphatic carbocycles. The van der Waals surface area contributed by atoms with Crippen LogP contribution in [0.3, 0.4) is 0 Å². The van der Waals surface area contributed by atoms with Gasteiger partial charge < -0.3 is 15.2 Å². The fourth-order valence-corrected chi connectivity index (χ4v) is 2.06. The van der Waals surface area contributed by atoms with Gasteiger partial charge in [-0.15, -0.1) is 0 Å². The molecular weight excluding hydrogens is 318 g/mol. The monoisotopic (exact) mass is 335 g/mol. The van der Waals surface area contributed by atoms with Crippen molar-refractivity contribution in [1.82, 2.24) is 0 Å². The topological polar surface area (TPSA) is 44.5 Å². The molecule has 2 aromatic carbocycles. The molecule has 0 radical (unpaired) electrons. The number of benzene rings is 2. The van der Waals surface area contributed by atoms with Crippen molar-refractivity contribution in [2.24, 2.45) is 0 Å². The minimum Gasteiger partial charge on any atom is -0.491 e. The zero-order chi connectivity index (χ0) is 14.7. The molecule has 20 heavy (non-hydrogen) atoms. The highest BCUT2D eigenvalue weighted by atomic mass is 79.9. The molecule has 0 aliphatic rings. The largest absolute Gasteiger partial charge is 0.491 e. The maximum atomic E-state index is 5.88. The number of anilines is 1. The van der Waals surface area contributed by atoms with E-state index in [1.807, 2.05) is 45.0 Å². The lowest BCUT2D eigenvalue weighted by molar-refractivity contribution is 0.242. The van der Waals surface area contributed by atoms with Gasteiger partial charge in [-0.2, -0.15) is 0 Å². The Morgan fingerprint density at radius 3 is 2.35 bits per heavy atom. The molecule has 0 spiro atoms. The van der Waals surface area contributed by atoms with Crippen molar-refractivity contribution in [3.05, 3.63) is 46.4 Å². The smallest absolute Gasteiger partial charge is 0.133 e. The van der Waals surface area contributed by atoms with E-state index in [4.69, 9.17) is 15.2 Å². The summed E-state index contributed by atoms with van der Waals surface area (Å²) in [5.74, 6) is 2.15. The zero-order valence-corrected chi connectivity index (χ0v) is 13.4. The number of aryl methyl sites for hydroxylation is 1. The van der Waals surface area contributed by atoms with Crippen molar-refractivity contribution in [1.29, 1.82) is 0 Å². The Hall–Kier alpha value is -1.68. The Morgan fingerprint density at radius 1 is 1.00 bits per heavy atom. The van der Waals surface area contributed by atoms with Crippen molar-refractivity contribution in [3.63, 3.8) is 0 Å². The number of hydrogen-bond acceptors (Lipinski definition) is 3. The molecule has 0 bridgehead atoms. The van der Waals surface area contributed by atoms with E-state index in [-0.39, 0.29) is 6.10 Å². The SMILES string of the molecule is Cc1cc(Oc2cc(N)cc(OC(C)C)c2)ccc1Br. The molecule has 0 aromatic heterocycles. The average Bonchev–Trinajstić information content (AvgIpc) is 2.32. The van der Waals surface area contributed by atoms with E-state index in [0.717, 1.165) is 15.8 Å². The van der Waals surface area contributed by atoms with E-state index in [0.29, 0.717) is 17.2 Å². The van der Waals surface area contributed by atoms with Crippen LogP contribution in [0.15, 0.2) is 40.9 Å². The van der Waals surface area contributed by atoms with Gasteiger partial charge in [-0.25, -0.2) is 0 Å². The van der Waals surface area contributed by atoms with Crippen LogP contribution in [0.2, 0.25) is 0 Å². The van der Waals surface area contributed by atoms with Crippen LogP contribution in [0.5, 0.6) is 17.2 Å². The van der Waals surface area contributed by atoms with Gasteiger partial charge in [0.05, 0.1) is 6.10 Å². The van der Waals surface area contributed by atoms with Gasteiger partial charge in [-0.1, -0.05) is 15.9 Å². The van der Waals surface area contributed by atoms with Crippen LogP contribution in [0.25, 0.3) is 0 Å². The predicted molar refractivity (Wildman–Crippen MR) is 85.6 cm³/mol. The molecule has 0 atom stereocenters. The Labute approximate surface area is 127 Å². The highest BCUT2D eigenvalue weighted by molar-refractivity contribution is 9.10. The summed E-state index contributed by atoms with van der Waals surface area (Å²) in [6.45, 7) is 5.97. The van der Waals surface area contributed by atoms with Crippen molar-refractivity contribution in [2.75, 3.05) is 5.73 Å². The fourth-order valence-electron chi connectivity index (χ4n) is 1.81.